The van der Waals surface area contributed by atoms with E-state index in [1.54, 1.807) is 0 Å². The molecule has 1 amide bonds. The van der Waals surface area contributed by atoms with Crippen LogP contribution >= 0.6 is 0 Å². The van der Waals surface area contributed by atoms with Gasteiger partial charge in [-0.3, -0.25) is 4.79 Å². The van der Waals surface area contributed by atoms with Crippen LogP contribution in [-0.4, -0.2) is 25.2 Å². The minimum absolute atomic E-state index is 0.153. The van der Waals surface area contributed by atoms with Crippen LogP contribution in [0.4, 0.5) is 0 Å². The molecule has 0 atom stereocenters. The average Bonchev–Trinajstić information content (AvgIpc) is 2.10. The van der Waals surface area contributed by atoms with Gasteiger partial charge in [0.15, 0.2) is 0 Å². The molecule has 3 heteroatoms. The third kappa shape index (κ3) is 9.73. The molecule has 0 aromatic heterocycles. The number of carbonyl (C=O) groups excluding carboxylic acids is 1. The van der Waals surface area contributed by atoms with E-state index in [-0.39, 0.29) is 5.54 Å². The molecule has 0 aliphatic carbocycles. The van der Waals surface area contributed by atoms with Gasteiger partial charge in [-0.2, -0.15) is 0 Å². The summed E-state index contributed by atoms with van der Waals surface area (Å²) in [6.45, 7) is 9.98. The van der Waals surface area contributed by atoms with Crippen LogP contribution in [0.25, 0.3) is 0 Å². The maximum atomic E-state index is 10.3. The molecule has 0 bridgehead atoms. The van der Waals surface area contributed by atoms with E-state index in [0.29, 0.717) is 6.61 Å². The topological polar surface area (TPSA) is 38.3 Å². The Labute approximate surface area is 93.6 Å². The molecule has 0 saturated heterocycles. The molecule has 90 valence electrons. The van der Waals surface area contributed by atoms with E-state index in [2.05, 4.69) is 19.2 Å². The minimum atomic E-state index is -0.153. The van der Waals surface area contributed by atoms with Crippen molar-refractivity contribution in [1.29, 1.82) is 0 Å². The molecule has 1 N–H and O–H groups in total. The van der Waals surface area contributed by atoms with Crippen LogP contribution in [0.3, 0.4) is 0 Å². The third-order valence-electron chi connectivity index (χ3n) is 2.39. The fourth-order valence-electron chi connectivity index (χ4n) is 1.25. The summed E-state index contributed by atoms with van der Waals surface area (Å²) in [6.07, 6.45) is 3.95. The highest BCUT2D eigenvalue weighted by atomic mass is 16.5. The van der Waals surface area contributed by atoms with Gasteiger partial charge in [-0.05, 0) is 39.0 Å². The molecule has 0 aromatic rings. The van der Waals surface area contributed by atoms with Crippen molar-refractivity contribution in [1.82, 2.24) is 5.32 Å². The molecule has 0 heterocycles. The molecule has 0 rings (SSSR count). The summed E-state index contributed by atoms with van der Waals surface area (Å²) in [5.74, 6) is 0.752. The van der Waals surface area contributed by atoms with E-state index in [1.165, 1.54) is 6.42 Å². The lowest BCUT2D eigenvalue weighted by atomic mass is 10.0. The number of carbonyl (C=O) groups is 1. The first-order valence-electron chi connectivity index (χ1n) is 5.77. The van der Waals surface area contributed by atoms with Gasteiger partial charge in [-0.25, -0.2) is 0 Å². The maximum absolute atomic E-state index is 10.3. The van der Waals surface area contributed by atoms with E-state index in [0.717, 1.165) is 31.8 Å². The van der Waals surface area contributed by atoms with Gasteiger partial charge in [0.05, 0.1) is 0 Å². The Balaban J connectivity index is 3.34. The van der Waals surface area contributed by atoms with E-state index < -0.39 is 0 Å². The lowest BCUT2D eigenvalue weighted by molar-refractivity contribution is -0.111. The van der Waals surface area contributed by atoms with Gasteiger partial charge in [0.1, 0.15) is 0 Å². The van der Waals surface area contributed by atoms with Crippen molar-refractivity contribution in [3.8, 4) is 0 Å². The summed E-state index contributed by atoms with van der Waals surface area (Å²) in [5.41, 5.74) is -0.153. The Hall–Kier alpha value is -0.570. The predicted octanol–water partition coefficient (Wildman–Crippen LogP) is 2.35. The molecule has 0 radical (unpaired) electrons. The van der Waals surface area contributed by atoms with Gasteiger partial charge in [0.25, 0.3) is 0 Å². The zero-order chi connectivity index (χ0) is 11.7. The highest BCUT2D eigenvalue weighted by Gasteiger charge is 2.15. The minimum Gasteiger partial charge on any atom is -0.381 e. The normalized spacial score (nSPS) is 11.8. The second kappa shape index (κ2) is 7.69. The molecule has 0 fully saturated rings. The Kier molecular flexibility index (Phi) is 7.39. The predicted molar refractivity (Wildman–Crippen MR) is 62.8 cm³/mol. The zero-order valence-corrected chi connectivity index (χ0v) is 10.5. The molecule has 0 aliphatic heterocycles. The Morgan fingerprint density at radius 1 is 1.33 bits per heavy atom. The van der Waals surface area contributed by atoms with Crippen molar-refractivity contribution >= 4 is 6.41 Å². The number of ether oxygens (including phenoxy) is 1. The molecule has 0 saturated carbocycles. The number of rotatable bonds is 9. The second-order valence-electron chi connectivity index (χ2n) is 5.04. The van der Waals surface area contributed by atoms with Gasteiger partial charge in [-0.1, -0.05) is 13.8 Å². The van der Waals surface area contributed by atoms with Crippen molar-refractivity contribution < 1.29 is 9.53 Å². The Morgan fingerprint density at radius 2 is 2.00 bits per heavy atom. The van der Waals surface area contributed by atoms with Crippen LogP contribution in [0.2, 0.25) is 0 Å². The largest absolute Gasteiger partial charge is 0.381 e. The molecular formula is C12H25NO2. The smallest absolute Gasteiger partial charge is 0.207 e. The Bertz CT molecular complexity index is 167. The summed E-state index contributed by atoms with van der Waals surface area (Å²) >= 11 is 0. The van der Waals surface area contributed by atoms with Crippen LogP contribution in [0, 0.1) is 5.92 Å². The van der Waals surface area contributed by atoms with Crippen molar-refractivity contribution in [3.63, 3.8) is 0 Å². The van der Waals surface area contributed by atoms with Gasteiger partial charge >= 0.3 is 0 Å². The summed E-state index contributed by atoms with van der Waals surface area (Å²) in [4.78, 5) is 10.3. The number of hydrogen-bond acceptors (Lipinski definition) is 2. The van der Waals surface area contributed by atoms with Crippen molar-refractivity contribution in [3.05, 3.63) is 0 Å². The van der Waals surface area contributed by atoms with Crippen LogP contribution in [0.5, 0.6) is 0 Å². The molecule has 3 nitrogen and oxygen atoms in total. The first-order chi connectivity index (χ1) is 6.98. The molecule has 15 heavy (non-hydrogen) atoms. The molecule has 0 aliphatic rings. The highest BCUT2D eigenvalue weighted by molar-refractivity contribution is 5.47. The SMILES string of the molecule is CC(C)CCCOCCC(C)(C)NC=O. The van der Waals surface area contributed by atoms with Gasteiger partial charge < -0.3 is 10.1 Å². The Morgan fingerprint density at radius 3 is 2.53 bits per heavy atom. The molecule has 0 unspecified atom stereocenters. The van der Waals surface area contributed by atoms with E-state index in [1.807, 2.05) is 13.8 Å². The second-order valence-corrected chi connectivity index (χ2v) is 5.04. The van der Waals surface area contributed by atoms with E-state index in [4.69, 9.17) is 4.74 Å². The third-order valence-corrected chi connectivity index (χ3v) is 2.39. The van der Waals surface area contributed by atoms with Crippen molar-refractivity contribution in [2.24, 2.45) is 5.92 Å². The van der Waals surface area contributed by atoms with Gasteiger partial charge in [0.2, 0.25) is 6.41 Å². The van der Waals surface area contributed by atoms with Crippen molar-refractivity contribution in [2.75, 3.05) is 13.2 Å². The highest BCUT2D eigenvalue weighted by Crippen LogP contribution is 2.08. The lowest BCUT2D eigenvalue weighted by Crippen LogP contribution is -2.39. The first-order valence-corrected chi connectivity index (χ1v) is 5.77. The monoisotopic (exact) mass is 215 g/mol. The fourth-order valence-corrected chi connectivity index (χ4v) is 1.25. The molecule has 0 aromatic carbocycles. The number of nitrogens with one attached hydrogen (secondary N) is 1. The number of hydrogen-bond donors (Lipinski definition) is 1. The van der Waals surface area contributed by atoms with Gasteiger partial charge in [0, 0.05) is 18.8 Å². The summed E-state index contributed by atoms with van der Waals surface area (Å²) < 4.78 is 5.51. The van der Waals surface area contributed by atoms with E-state index in [9.17, 15) is 4.79 Å². The van der Waals surface area contributed by atoms with Crippen LogP contribution < -0.4 is 5.32 Å². The fraction of sp³-hybridized carbons (Fsp3) is 0.917. The average molecular weight is 215 g/mol. The van der Waals surface area contributed by atoms with Crippen molar-refractivity contribution in [2.45, 2.75) is 52.5 Å². The van der Waals surface area contributed by atoms with Crippen LogP contribution in [0.15, 0.2) is 0 Å². The maximum Gasteiger partial charge on any atom is 0.207 e. The molecule has 0 spiro atoms. The standard InChI is InChI=1S/C12H25NO2/c1-11(2)6-5-8-15-9-7-12(3,4)13-10-14/h10-11H,5-9H2,1-4H3,(H,13,14). The lowest BCUT2D eigenvalue weighted by Gasteiger charge is -2.23. The summed E-state index contributed by atoms with van der Waals surface area (Å²) in [7, 11) is 0. The summed E-state index contributed by atoms with van der Waals surface area (Å²) in [6, 6.07) is 0. The van der Waals surface area contributed by atoms with E-state index >= 15 is 0 Å². The number of amides is 1. The summed E-state index contributed by atoms with van der Waals surface area (Å²) in [5, 5.41) is 2.77. The molecular weight excluding hydrogens is 190 g/mol. The quantitative estimate of drug-likeness (QED) is 0.473. The zero-order valence-electron chi connectivity index (χ0n) is 10.5. The first kappa shape index (κ1) is 14.4. The van der Waals surface area contributed by atoms with Gasteiger partial charge in [-0.15, -0.1) is 0 Å². The van der Waals surface area contributed by atoms with Crippen LogP contribution in [0.1, 0.15) is 47.0 Å². The van der Waals surface area contributed by atoms with Crippen LogP contribution in [-0.2, 0) is 9.53 Å².